The van der Waals surface area contributed by atoms with Crippen molar-refractivity contribution in [3.8, 4) is 17.6 Å². The maximum Gasteiger partial charge on any atom is 0.120 e. The van der Waals surface area contributed by atoms with Crippen LogP contribution in [0, 0.1) is 11.8 Å². The summed E-state index contributed by atoms with van der Waals surface area (Å²) < 4.78 is 5.88. The van der Waals surface area contributed by atoms with Gasteiger partial charge in [0.05, 0.1) is 0 Å². The van der Waals surface area contributed by atoms with Gasteiger partial charge in [-0.2, -0.15) is 0 Å². The van der Waals surface area contributed by atoms with Crippen molar-refractivity contribution in [1.82, 2.24) is 0 Å². The highest BCUT2D eigenvalue weighted by atomic mass is 16.5. The van der Waals surface area contributed by atoms with Gasteiger partial charge < -0.3 is 4.74 Å². The Kier molecular flexibility index (Phi) is 4.96. The number of benzene rings is 3. The SMILES string of the molecule is CCCC#Cc1ccc2cc(OCc3ccccc3)ccc2c1. The Hall–Kier alpha value is -2.72. The molecule has 0 atom stereocenters. The lowest BCUT2D eigenvalue weighted by Crippen LogP contribution is -1.94. The van der Waals surface area contributed by atoms with E-state index < -0.39 is 0 Å². The van der Waals surface area contributed by atoms with E-state index in [0.29, 0.717) is 6.61 Å². The molecule has 0 radical (unpaired) electrons. The standard InChI is InChI=1S/C22H20O/c1-2-3-5-8-18-11-12-21-16-22(14-13-20(21)15-18)23-17-19-9-6-4-7-10-19/h4,6-7,9-16H,2-3,17H2,1H3. The van der Waals surface area contributed by atoms with E-state index in [1.807, 2.05) is 24.3 Å². The largest absolute Gasteiger partial charge is 0.489 e. The van der Waals surface area contributed by atoms with Crippen molar-refractivity contribution in [3.63, 3.8) is 0 Å². The van der Waals surface area contributed by atoms with Crippen molar-refractivity contribution in [1.29, 1.82) is 0 Å². The minimum atomic E-state index is 0.590. The fraction of sp³-hybridized carbons (Fsp3) is 0.182. The fourth-order valence-electron chi connectivity index (χ4n) is 2.42. The Morgan fingerprint density at radius 2 is 1.65 bits per heavy atom. The van der Waals surface area contributed by atoms with Crippen molar-refractivity contribution in [2.75, 3.05) is 0 Å². The van der Waals surface area contributed by atoms with Crippen LogP contribution in [0.25, 0.3) is 10.8 Å². The van der Waals surface area contributed by atoms with Gasteiger partial charge in [-0.25, -0.2) is 0 Å². The van der Waals surface area contributed by atoms with Crippen LogP contribution in [-0.4, -0.2) is 0 Å². The predicted octanol–water partition coefficient (Wildman–Crippen LogP) is 5.57. The minimum absolute atomic E-state index is 0.590. The second-order valence-corrected chi connectivity index (χ2v) is 5.55. The third-order valence-corrected chi connectivity index (χ3v) is 3.67. The van der Waals surface area contributed by atoms with Gasteiger partial charge >= 0.3 is 0 Å². The van der Waals surface area contributed by atoms with E-state index in [9.17, 15) is 0 Å². The molecule has 3 aromatic carbocycles. The molecule has 1 heteroatoms. The highest BCUT2D eigenvalue weighted by Gasteiger charge is 1.99. The Balaban J connectivity index is 1.75. The van der Waals surface area contributed by atoms with Crippen LogP contribution in [-0.2, 0) is 6.61 Å². The first-order chi connectivity index (χ1) is 11.3. The lowest BCUT2D eigenvalue weighted by atomic mass is 10.1. The number of fused-ring (bicyclic) bond motifs is 1. The van der Waals surface area contributed by atoms with Crippen LogP contribution in [0.2, 0.25) is 0 Å². The van der Waals surface area contributed by atoms with E-state index in [4.69, 9.17) is 4.74 Å². The summed E-state index contributed by atoms with van der Waals surface area (Å²) in [4.78, 5) is 0. The van der Waals surface area contributed by atoms with Gasteiger partial charge in [-0.1, -0.05) is 61.2 Å². The average molecular weight is 300 g/mol. The first kappa shape index (κ1) is 15.2. The fourth-order valence-corrected chi connectivity index (χ4v) is 2.42. The van der Waals surface area contributed by atoms with Gasteiger partial charge in [0.1, 0.15) is 12.4 Å². The molecule has 0 saturated heterocycles. The highest BCUT2D eigenvalue weighted by molar-refractivity contribution is 5.85. The first-order valence-electron chi connectivity index (χ1n) is 8.04. The van der Waals surface area contributed by atoms with E-state index in [2.05, 4.69) is 61.2 Å². The number of hydrogen-bond donors (Lipinski definition) is 0. The van der Waals surface area contributed by atoms with Crippen LogP contribution >= 0.6 is 0 Å². The van der Waals surface area contributed by atoms with Gasteiger partial charge in [-0.15, -0.1) is 0 Å². The third kappa shape index (κ3) is 4.14. The van der Waals surface area contributed by atoms with Crippen LogP contribution in [0.3, 0.4) is 0 Å². The van der Waals surface area contributed by atoms with Crippen LogP contribution in [0.5, 0.6) is 5.75 Å². The number of hydrogen-bond acceptors (Lipinski definition) is 1. The predicted molar refractivity (Wildman–Crippen MR) is 96.5 cm³/mol. The summed E-state index contributed by atoms with van der Waals surface area (Å²) >= 11 is 0. The minimum Gasteiger partial charge on any atom is -0.489 e. The molecule has 0 saturated carbocycles. The molecule has 0 aromatic heterocycles. The van der Waals surface area contributed by atoms with Gasteiger partial charge in [-0.3, -0.25) is 0 Å². The molecule has 0 aliphatic carbocycles. The first-order valence-corrected chi connectivity index (χ1v) is 8.04. The average Bonchev–Trinajstić information content (AvgIpc) is 2.61. The Labute approximate surface area is 137 Å². The quantitative estimate of drug-likeness (QED) is 0.572. The number of unbranched alkanes of at least 4 members (excludes halogenated alkanes) is 1. The normalized spacial score (nSPS) is 10.1. The highest BCUT2D eigenvalue weighted by Crippen LogP contribution is 2.22. The van der Waals surface area contributed by atoms with E-state index in [-0.39, 0.29) is 0 Å². The van der Waals surface area contributed by atoms with Gasteiger partial charge in [0.15, 0.2) is 0 Å². The van der Waals surface area contributed by atoms with E-state index in [1.54, 1.807) is 0 Å². The monoisotopic (exact) mass is 300 g/mol. The van der Waals surface area contributed by atoms with Gasteiger partial charge in [0, 0.05) is 12.0 Å². The summed E-state index contributed by atoms with van der Waals surface area (Å²) in [6, 6.07) is 22.7. The van der Waals surface area contributed by atoms with Crippen molar-refractivity contribution < 1.29 is 4.74 Å². The number of ether oxygens (including phenoxy) is 1. The van der Waals surface area contributed by atoms with Gasteiger partial charge in [0.25, 0.3) is 0 Å². The molecule has 0 aliphatic heterocycles. The molecule has 0 bridgehead atoms. The van der Waals surface area contributed by atoms with Crippen molar-refractivity contribution >= 4 is 10.8 Å². The van der Waals surface area contributed by atoms with E-state index in [1.165, 1.54) is 16.3 Å². The van der Waals surface area contributed by atoms with Crippen LogP contribution in [0.15, 0.2) is 66.7 Å². The van der Waals surface area contributed by atoms with E-state index in [0.717, 1.165) is 24.2 Å². The van der Waals surface area contributed by atoms with Crippen molar-refractivity contribution in [2.24, 2.45) is 0 Å². The molecular formula is C22H20O. The zero-order valence-electron chi connectivity index (χ0n) is 13.4. The molecule has 0 heterocycles. The zero-order valence-corrected chi connectivity index (χ0v) is 13.4. The van der Waals surface area contributed by atoms with Gasteiger partial charge in [-0.05, 0) is 47.0 Å². The summed E-state index contributed by atoms with van der Waals surface area (Å²) in [5.74, 6) is 7.30. The Morgan fingerprint density at radius 3 is 2.48 bits per heavy atom. The molecule has 0 amide bonds. The molecule has 0 fully saturated rings. The molecule has 3 aromatic rings. The molecule has 0 unspecified atom stereocenters. The van der Waals surface area contributed by atoms with Crippen molar-refractivity contribution in [2.45, 2.75) is 26.4 Å². The lowest BCUT2D eigenvalue weighted by Gasteiger charge is -2.07. The topological polar surface area (TPSA) is 9.23 Å². The molecule has 0 spiro atoms. The van der Waals surface area contributed by atoms with Crippen LogP contribution < -0.4 is 4.74 Å². The molecule has 0 aliphatic rings. The Morgan fingerprint density at radius 1 is 0.870 bits per heavy atom. The lowest BCUT2D eigenvalue weighted by molar-refractivity contribution is 0.306. The van der Waals surface area contributed by atoms with Crippen LogP contribution in [0.4, 0.5) is 0 Å². The molecule has 1 nitrogen and oxygen atoms in total. The second kappa shape index (κ2) is 7.51. The van der Waals surface area contributed by atoms with Crippen molar-refractivity contribution in [3.05, 3.63) is 77.9 Å². The molecule has 0 N–H and O–H groups in total. The maximum atomic E-state index is 5.88. The summed E-state index contributed by atoms with van der Waals surface area (Å²) in [5, 5.41) is 2.37. The third-order valence-electron chi connectivity index (χ3n) is 3.67. The van der Waals surface area contributed by atoms with E-state index >= 15 is 0 Å². The summed E-state index contributed by atoms with van der Waals surface area (Å²) in [6.45, 7) is 2.74. The second-order valence-electron chi connectivity index (χ2n) is 5.55. The molecular weight excluding hydrogens is 280 g/mol. The maximum absolute atomic E-state index is 5.88. The Bertz CT molecular complexity index is 838. The summed E-state index contributed by atoms with van der Waals surface area (Å²) in [5.41, 5.74) is 2.25. The zero-order chi connectivity index (χ0) is 15.9. The molecule has 114 valence electrons. The summed E-state index contributed by atoms with van der Waals surface area (Å²) in [7, 11) is 0. The molecule has 23 heavy (non-hydrogen) atoms. The summed E-state index contributed by atoms with van der Waals surface area (Å²) in [6.07, 6.45) is 2.05. The smallest absolute Gasteiger partial charge is 0.120 e. The van der Waals surface area contributed by atoms with Gasteiger partial charge in [0.2, 0.25) is 0 Å². The number of rotatable bonds is 4. The van der Waals surface area contributed by atoms with Crippen LogP contribution in [0.1, 0.15) is 30.9 Å². The molecule has 3 rings (SSSR count).